The number of hydrogen-bond acceptors (Lipinski definition) is 22. The summed E-state index contributed by atoms with van der Waals surface area (Å²) in [5.74, 6) is -14.9. The third-order valence-electron chi connectivity index (χ3n) is 8.78. The van der Waals surface area contributed by atoms with Crippen molar-refractivity contribution in [3.63, 3.8) is 0 Å². The molecular weight excluding hydrogens is 760 g/mol. The SMILES string of the molecule is O=C(OC1C(O)OC(CO)C(O)C1OC(=O)c1cc(O)c(O)c(O)c1Oc1cc2c(=O)oc3c(O)c(O)cc4c(=O)oc(c1O)c2c34)c1cc(O)c(O)c(O)c1. The van der Waals surface area contributed by atoms with Crippen LogP contribution in [0.5, 0.6) is 63.2 Å². The van der Waals surface area contributed by atoms with E-state index in [1.165, 1.54) is 0 Å². The van der Waals surface area contributed by atoms with Gasteiger partial charge in [-0.3, -0.25) is 0 Å². The summed E-state index contributed by atoms with van der Waals surface area (Å²) in [4.78, 5) is 52.7. The summed E-state index contributed by atoms with van der Waals surface area (Å²) >= 11 is 0. The molecule has 1 saturated heterocycles. The zero-order chi connectivity index (χ0) is 40.7. The highest BCUT2D eigenvalue weighted by Gasteiger charge is 2.50. The molecule has 0 radical (unpaired) electrons. The molecule has 12 N–H and O–H groups in total. The fraction of sp³-hybridized carbons (Fsp3) is 0.176. The molecule has 4 aromatic carbocycles. The van der Waals surface area contributed by atoms with Gasteiger partial charge < -0.3 is 89.1 Å². The Morgan fingerprint density at radius 1 is 0.625 bits per heavy atom. The minimum Gasteiger partial charge on any atom is -0.504 e. The maximum absolute atomic E-state index is 13.8. The van der Waals surface area contributed by atoms with Gasteiger partial charge in [0.05, 0.1) is 22.9 Å². The van der Waals surface area contributed by atoms with Gasteiger partial charge in [0.15, 0.2) is 69.9 Å². The Morgan fingerprint density at radius 3 is 1.77 bits per heavy atom. The minimum atomic E-state index is -2.27. The number of aliphatic hydroxyl groups is 3. The number of rotatable bonds is 7. The average Bonchev–Trinajstić information content (AvgIpc) is 3.15. The molecule has 22 nitrogen and oxygen atoms in total. The molecule has 0 amide bonds. The number of ether oxygens (including phenoxy) is 4. The van der Waals surface area contributed by atoms with Gasteiger partial charge in [0.1, 0.15) is 17.8 Å². The van der Waals surface area contributed by atoms with Crippen LogP contribution in [0.2, 0.25) is 0 Å². The van der Waals surface area contributed by atoms with Gasteiger partial charge in [-0.1, -0.05) is 0 Å². The molecular formula is C34H24O22. The largest absolute Gasteiger partial charge is 0.504 e. The molecule has 0 bridgehead atoms. The molecule has 2 aromatic heterocycles. The predicted molar refractivity (Wildman–Crippen MR) is 178 cm³/mol. The lowest BCUT2D eigenvalue weighted by Crippen LogP contribution is -2.61. The lowest BCUT2D eigenvalue weighted by molar-refractivity contribution is -0.285. The quantitative estimate of drug-likeness (QED) is 0.0452. The summed E-state index contributed by atoms with van der Waals surface area (Å²) in [5.41, 5.74) is -5.57. The molecule has 5 unspecified atom stereocenters. The van der Waals surface area contributed by atoms with Gasteiger partial charge in [0.2, 0.25) is 23.0 Å². The lowest BCUT2D eigenvalue weighted by Gasteiger charge is -2.41. The van der Waals surface area contributed by atoms with Crippen molar-refractivity contribution in [3.05, 3.63) is 62.3 Å². The summed E-state index contributed by atoms with van der Waals surface area (Å²) in [6.07, 6.45) is -10.5. The monoisotopic (exact) mass is 784 g/mol. The summed E-state index contributed by atoms with van der Waals surface area (Å²) in [5, 5.41) is 122. The molecule has 7 rings (SSSR count). The Morgan fingerprint density at radius 2 is 1.16 bits per heavy atom. The van der Waals surface area contributed by atoms with E-state index >= 15 is 0 Å². The Hall–Kier alpha value is -7.40. The third-order valence-corrected chi connectivity index (χ3v) is 8.78. The maximum Gasteiger partial charge on any atom is 0.344 e. The number of phenolic OH excluding ortho intramolecular Hbond substituents is 9. The fourth-order valence-corrected chi connectivity index (χ4v) is 6.06. The zero-order valence-corrected chi connectivity index (χ0v) is 27.4. The van der Waals surface area contributed by atoms with Gasteiger partial charge >= 0.3 is 23.2 Å². The number of aliphatic hydroxyl groups excluding tert-OH is 3. The van der Waals surface area contributed by atoms with Crippen LogP contribution < -0.4 is 16.0 Å². The van der Waals surface area contributed by atoms with Crippen molar-refractivity contribution in [3.8, 4) is 63.2 Å². The van der Waals surface area contributed by atoms with Crippen LogP contribution in [0.3, 0.4) is 0 Å². The number of carbonyl (C=O) groups is 2. The van der Waals surface area contributed by atoms with Crippen molar-refractivity contribution in [2.24, 2.45) is 0 Å². The highest BCUT2D eigenvalue weighted by Crippen LogP contribution is 2.50. The molecule has 1 fully saturated rings. The number of hydrogen-bond donors (Lipinski definition) is 12. The molecule has 6 aromatic rings. The number of phenols is 9. The van der Waals surface area contributed by atoms with E-state index in [-0.39, 0.29) is 16.2 Å². The number of carbonyl (C=O) groups excluding carboxylic acids is 2. The third kappa shape index (κ3) is 5.68. The Kier molecular flexibility index (Phi) is 8.69. The molecule has 1 aliphatic heterocycles. The van der Waals surface area contributed by atoms with E-state index in [0.717, 1.165) is 12.1 Å². The predicted octanol–water partition coefficient (Wildman–Crippen LogP) is 0.454. The summed E-state index contributed by atoms with van der Waals surface area (Å²) in [6.45, 7) is -1.01. The molecule has 292 valence electrons. The van der Waals surface area contributed by atoms with Gasteiger partial charge in [0.25, 0.3) is 0 Å². The van der Waals surface area contributed by atoms with E-state index in [0.29, 0.717) is 18.2 Å². The van der Waals surface area contributed by atoms with E-state index in [2.05, 4.69) is 0 Å². The fourth-order valence-electron chi connectivity index (χ4n) is 6.06. The van der Waals surface area contributed by atoms with Gasteiger partial charge in [-0.2, -0.15) is 0 Å². The molecule has 1 aliphatic rings. The second kappa shape index (κ2) is 13.2. The molecule has 5 atom stereocenters. The standard InChI is InChI=1S/C34H24O22/c35-6-16-23(44)28(29(34(50)52-16)56-30(46)7-1-11(36)19(40)12(37)2-7)55-33(49)10-4-13(38)20(41)24(45)25(10)51-15-5-9-18-17-8(31(47)54-27(18)22(15)43)3-14(39)21(42)26(17)53-32(9)48/h1-5,16,23,28-29,34-45,50H,6H2. The van der Waals surface area contributed by atoms with Crippen LogP contribution >= 0.6 is 0 Å². The maximum atomic E-state index is 13.8. The average molecular weight is 785 g/mol. The molecule has 0 spiro atoms. The van der Waals surface area contributed by atoms with Crippen molar-refractivity contribution in [2.45, 2.75) is 30.7 Å². The first-order valence-corrected chi connectivity index (χ1v) is 15.6. The van der Waals surface area contributed by atoms with Crippen LogP contribution in [0.25, 0.3) is 32.7 Å². The van der Waals surface area contributed by atoms with Crippen LogP contribution in [0, 0.1) is 0 Å². The van der Waals surface area contributed by atoms with Gasteiger partial charge in [-0.05, 0) is 18.2 Å². The molecule has 0 aliphatic carbocycles. The first kappa shape index (κ1) is 36.9. The number of aromatic hydroxyl groups is 9. The summed E-state index contributed by atoms with van der Waals surface area (Å²) < 4.78 is 31.4. The normalized spacial score (nSPS) is 19.7. The van der Waals surface area contributed by atoms with E-state index in [1.54, 1.807) is 0 Å². The van der Waals surface area contributed by atoms with Crippen molar-refractivity contribution in [1.29, 1.82) is 0 Å². The minimum absolute atomic E-state index is 0.273. The van der Waals surface area contributed by atoms with Gasteiger partial charge in [-0.15, -0.1) is 0 Å². The second-order valence-corrected chi connectivity index (χ2v) is 12.2. The van der Waals surface area contributed by atoms with E-state index in [1.807, 2.05) is 0 Å². The second-order valence-electron chi connectivity index (χ2n) is 12.2. The van der Waals surface area contributed by atoms with E-state index < -0.39 is 151 Å². The van der Waals surface area contributed by atoms with Crippen LogP contribution in [0.4, 0.5) is 0 Å². The number of esters is 2. The van der Waals surface area contributed by atoms with Crippen LogP contribution in [-0.4, -0.2) is 111 Å². The van der Waals surface area contributed by atoms with Crippen molar-refractivity contribution >= 4 is 44.6 Å². The first-order valence-electron chi connectivity index (χ1n) is 15.6. The topological polar surface area (TPSA) is 374 Å². The Bertz CT molecular complexity index is 2710. The zero-order valence-electron chi connectivity index (χ0n) is 27.4. The highest BCUT2D eigenvalue weighted by molar-refractivity contribution is 6.22. The first-order chi connectivity index (χ1) is 26.4. The lowest BCUT2D eigenvalue weighted by atomic mass is 9.98. The van der Waals surface area contributed by atoms with Crippen molar-refractivity contribution < 1.29 is 98.6 Å². The van der Waals surface area contributed by atoms with E-state index in [9.17, 15) is 80.5 Å². The van der Waals surface area contributed by atoms with Gasteiger partial charge in [0, 0.05) is 22.9 Å². The molecule has 56 heavy (non-hydrogen) atoms. The van der Waals surface area contributed by atoms with E-state index in [4.69, 9.17) is 27.8 Å². The molecule has 0 saturated carbocycles. The van der Waals surface area contributed by atoms with Crippen LogP contribution in [-0.2, 0) is 14.2 Å². The van der Waals surface area contributed by atoms with Crippen molar-refractivity contribution in [1.82, 2.24) is 0 Å². The molecule has 22 heteroatoms. The smallest absolute Gasteiger partial charge is 0.344 e. The van der Waals surface area contributed by atoms with Crippen LogP contribution in [0.1, 0.15) is 20.7 Å². The number of benzene rings is 4. The Balaban J connectivity index is 1.30. The Labute approximate surface area is 306 Å². The van der Waals surface area contributed by atoms with Gasteiger partial charge in [-0.25, -0.2) is 19.2 Å². The summed E-state index contributed by atoms with van der Waals surface area (Å²) in [6, 6.07) is 3.32. The van der Waals surface area contributed by atoms with Crippen LogP contribution in [0.15, 0.2) is 48.8 Å². The molecule has 3 heterocycles. The van der Waals surface area contributed by atoms with Crippen molar-refractivity contribution in [2.75, 3.05) is 6.61 Å². The highest BCUT2D eigenvalue weighted by atomic mass is 16.7. The summed E-state index contributed by atoms with van der Waals surface area (Å²) in [7, 11) is 0.